The van der Waals surface area contributed by atoms with Gasteiger partial charge in [-0.15, -0.1) is 0 Å². The average molecular weight is 257 g/mol. The molecule has 0 unspecified atom stereocenters. The third kappa shape index (κ3) is 1.78. The number of nitrogens with zero attached hydrogens (tertiary/aromatic N) is 1. The van der Waals surface area contributed by atoms with Gasteiger partial charge in [0, 0.05) is 30.6 Å². The van der Waals surface area contributed by atoms with E-state index in [-0.39, 0.29) is 11.9 Å². The number of para-hydroxylation sites is 1. The number of likely N-dealkylation sites (N-methyl/N-ethyl adjacent to an activating group) is 1. The molecule has 1 aromatic heterocycles. The van der Waals surface area contributed by atoms with Crippen molar-refractivity contribution >= 4 is 22.8 Å². The van der Waals surface area contributed by atoms with Crippen LogP contribution in [0.3, 0.4) is 0 Å². The van der Waals surface area contributed by atoms with Crippen LogP contribution in [0, 0.1) is 6.92 Å². The normalized spacial score (nSPS) is 19.3. The second kappa shape index (κ2) is 4.12. The molecule has 19 heavy (non-hydrogen) atoms. The predicted molar refractivity (Wildman–Crippen MR) is 71.8 cm³/mol. The number of aryl methyl sites for hydroxylation is 1. The highest BCUT2D eigenvalue weighted by Crippen LogP contribution is 2.23. The number of aromatic amines is 1. The Morgan fingerprint density at radius 1 is 1.32 bits per heavy atom. The summed E-state index contributed by atoms with van der Waals surface area (Å²) in [5, 5.41) is 3.80. The van der Waals surface area contributed by atoms with Gasteiger partial charge < -0.3 is 10.3 Å². The number of imide groups is 1. The molecule has 5 nitrogen and oxygen atoms in total. The Hall–Kier alpha value is -2.30. The minimum Gasteiger partial charge on any atom is -0.361 e. The zero-order valence-electron chi connectivity index (χ0n) is 10.9. The fraction of sp³-hybridized carbons (Fsp3) is 0.286. The second-order valence-corrected chi connectivity index (χ2v) is 4.91. The molecule has 0 aliphatic carbocycles. The molecule has 0 bridgehead atoms. The van der Waals surface area contributed by atoms with Crippen LogP contribution in [0.4, 0.5) is 4.79 Å². The smallest absolute Gasteiger partial charge is 0.324 e. The summed E-state index contributed by atoms with van der Waals surface area (Å²) in [6.07, 6.45) is 2.42. The minimum absolute atomic E-state index is 0.174. The first kappa shape index (κ1) is 11.8. The maximum absolute atomic E-state index is 11.9. The van der Waals surface area contributed by atoms with E-state index in [1.54, 1.807) is 0 Å². The molecule has 2 heterocycles. The maximum Gasteiger partial charge on any atom is 0.324 e. The summed E-state index contributed by atoms with van der Waals surface area (Å²) < 4.78 is 0. The summed E-state index contributed by atoms with van der Waals surface area (Å²) in [5.74, 6) is -0.174. The monoisotopic (exact) mass is 257 g/mol. The van der Waals surface area contributed by atoms with Gasteiger partial charge in [0.1, 0.15) is 6.04 Å². The third-order valence-corrected chi connectivity index (χ3v) is 3.66. The van der Waals surface area contributed by atoms with Gasteiger partial charge >= 0.3 is 6.03 Å². The average Bonchev–Trinajstić information content (AvgIpc) is 2.90. The second-order valence-electron chi connectivity index (χ2n) is 4.91. The first-order valence-corrected chi connectivity index (χ1v) is 6.21. The Morgan fingerprint density at radius 2 is 2.11 bits per heavy atom. The number of carbonyl (C=O) groups is 2. The van der Waals surface area contributed by atoms with E-state index < -0.39 is 6.04 Å². The summed E-state index contributed by atoms with van der Waals surface area (Å²) in [5.41, 5.74) is 3.30. The third-order valence-electron chi connectivity index (χ3n) is 3.66. The molecule has 1 aliphatic heterocycles. The van der Waals surface area contributed by atoms with Crippen molar-refractivity contribution in [2.75, 3.05) is 7.05 Å². The summed E-state index contributed by atoms with van der Waals surface area (Å²) in [7, 11) is 1.50. The molecule has 0 saturated carbocycles. The van der Waals surface area contributed by atoms with Gasteiger partial charge in [0.05, 0.1) is 0 Å². The fourth-order valence-electron chi connectivity index (χ4n) is 2.53. The molecule has 2 N–H and O–H groups in total. The van der Waals surface area contributed by atoms with Crippen molar-refractivity contribution in [1.29, 1.82) is 0 Å². The first-order chi connectivity index (χ1) is 9.08. The Balaban J connectivity index is 1.93. The molecule has 1 fully saturated rings. The maximum atomic E-state index is 11.9. The minimum atomic E-state index is -0.461. The molecule has 1 aromatic carbocycles. The highest BCUT2D eigenvalue weighted by atomic mass is 16.2. The van der Waals surface area contributed by atoms with Crippen LogP contribution in [-0.2, 0) is 11.2 Å². The van der Waals surface area contributed by atoms with E-state index in [2.05, 4.69) is 10.3 Å². The van der Waals surface area contributed by atoms with Gasteiger partial charge in [0.25, 0.3) is 5.91 Å². The molecule has 1 aliphatic rings. The number of benzene rings is 1. The van der Waals surface area contributed by atoms with Crippen molar-refractivity contribution in [3.63, 3.8) is 0 Å². The van der Waals surface area contributed by atoms with E-state index >= 15 is 0 Å². The van der Waals surface area contributed by atoms with Gasteiger partial charge in [-0.2, -0.15) is 0 Å². The van der Waals surface area contributed by atoms with Gasteiger partial charge in [-0.25, -0.2) is 4.79 Å². The Bertz CT molecular complexity index is 674. The van der Waals surface area contributed by atoms with Crippen molar-refractivity contribution in [2.24, 2.45) is 0 Å². The van der Waals surface area contributed by atoms with Crippen LogP contribution in [0.25, 0.3) is 10.9 Å². The van der Waals surface area contributed by atoms with E-state index in [1.165, 1.54) is 12.6 Å². The molecule has 3 rings (SSSR count). The lowest BCUT2D eigenvalue weighted by Crippen LogP contribution is -2.31. The summed E-state index contributed by atoms with van der Waals surface area (Å²) in [6.45, 7) is 2.04. The van der Waals surface area contributed by atoms with Crippen LogP contribution in [0.15, 0.2) is 24.4 Å². The van der Waals surface area contributed by atoms with Crippen molar-refractivity contribution in [3.8, 4) is 0 Å². The van der Waals surface area contributed by atoms with Gasteiger partial charge in [0.2, 0.25) is 0 Å². The van der Waals surface area contributed by atoms with Crippen molar-refractivity contribution < 1.29 is 9.59 Å². The number of fused-ring (bicyclic) bond motifs is 1. The standard InChI is InChI=1S/C14H15N3O2/c1-8-4-3-5-10-9(7-15-12(8)10)6-11-13(18)17(2)14(19)16-11/h3-5,7,11,15H,6H2,1-2H3,(H,16,19)/t11-/m1/s1. The van der Waals surface area contributed by atoms with Crippen LogP contribution in [-0.4, -0.2) is 34.9 Å². The molecular weight excluding hydrogens is 242 g/mol. The van der Waals surface area contributed by atoms with Crippen LogP contribution in [0.5, 0.6) is 0 Å². The molecule has 0 radical (unpaired) electrons. The zero-order valence-corrected chi connectivity index (χ0v) is 10.9. The molecular formula is C14H15N3O2. The number of rotatable bonds is 2. The molecule has 0 spiro atoms. The Kier molecular flexibility index (Phi) is 2.55. The number of hydrogen-bond acceptors (Lipinski definition) is 2. The van der Waals surface area contributed by atoms with Crippen molar-refractivity contribution in [1.82, 2.24) is 15.2 Å². The molecule has 3 amide bonds. The van der Waals surface area contributed by atoms with E-state index in [4.69, 9.17) is 0 Å². The molecule has 98 valence electrons. The first-order valence-electron chi connectivity index (χ1n) is 6.21. The molecule has 1 atom stereocenters. The lowest BCUT2D eigenvalue weighted by atomic mass is 10.0. The van der Waals surface area contributed by atoms with Gasteiger partial charge in [-0.3, -0.25) is 9.69 Å². The summed E-state index contributed by atoms with van der Waals surface area (Å²) in [6, 6.07) is 5.27. The SMILES string of the molecule is Cc1cccc2c(C[C@H]3NC(=O)N(C)C3=O)c[nH]c12. The van der Waals surface area contributed by atoms with Crippen LogP contribution < -0.4 is 5.32 Å². The van der Waals surface area contributed by atoms with E-state index in [9.17, 15) is 9.59 Å². The van der Waals surface area contributed by atoms with E-state index in [1.807, 2.05) is 31.3 Å². The van der Waals surface area contributed by atoms with Gasteiger partial charge in [0.15, 0.2) is 0 Å². The summed E-state index contributed by atoms with van der Waals surface area (Å²) >= 11 is 0. The van der Waals surface area contributed by atoms with Crippen molar-refractivity contribution in [2.45, 2.75) is 19.4 Å². The van der Waals surface area contributed by atoms with Crippen molar-refractivity contribution in [3.05, 3.63) is 35.5 Å². The van der Waals surface area contributed by atoms with Crippen LogP contribution >= 0.6 is 0 Å². The number of carbonyl (C=O) groups excluding carboxylic acids is 2. The largest absolute Gasteiger partial charge is 0.361 e. The number of urea groups is 1. The zero-order chi connectivity index (χ0) is 13.6. The van der Waals surface area contributed by atoms with Crippen LogP contribution in [0.1, 0.15) is 11.1 Å². The van der Waals surface area contributed by atoms with Crippen LogP contribution in [0.2, 0.25) is 0 Å². The summed E-state index contributed by atoms with van der Waals surface area (Å²) in [4.78, 5) is 27.7. The number of amides is 3. The lowest BCUT2D eigenvalue weighted by Gasteiger charge is -2.07. The number of aromatic nitrogens is 1. The Labute approximate surface area is 110 Å². The van der Waals surface area contributed by atoms with E-state index in [0.29, 0.717) is 6.42 Å². The number of nitrogens with one attached hydrogen (secondary N) is 2. The molecule has 5 heteroatoms. The lowest BCUT2D eigenvalue weighted by molar-refractivity contribution is -0.126. The Morgan fingerprint density at radius 3 is 2.79 bits per heavy atom. The highest BCUT2D eigenvalue weighted by molar-refractivity contribution is 6.04. The highest BCUT2D eigenvalue weighted by Gasteiger charge is 2.35. The topological polar surface area (TPSA) is 65.2 Å². The molecule has 1 saturated heterocycles. The van der Waals surface area contributed by atoms with Gasteiger partial charge in [-0.05, 0) is 18.1 Å². The van der Waals surface area contributed by atoms with Gasteiger partial charge in [-0.1, -0.05) is 18.2 Å². The van der Waals surface area contributed by atoms with E-state index in [0.717, 1.165) is 21.4 Å². The number of hydrogen-bond donors (Lipinski definition) is 2. The fourth-order valence-corrected chi connectivity index (χ4v) is 2.53. The quantitative estimate of drug-likeness (QED) is 0.802. The molecule has 2 aromatic rings. The predicted octanol–water partition coefficient (Wildman–Crippen LogP) is 1.57. The number of H-pyrrole nitrogens is 1.